The summed E-state index contributed by atoms with van der Waals surface area (Å²) in [6.45, 7) is 0. The zero-order valence-electron chi connectivity index (χ0n) is 17.7. The summed E-state index contributed by atoms with van der Waals surface area (Å²) in [5, 5.41) is 10.9. The lowest BCUT2D eigenvalue weighted by Gasteiger charge is -2.21. The molecule has 0 aliphatic carbocycles. The summed E-state index contributed by atoms with van der Waals surface area (Å²) in [5.74, 6) is 0.907. The molecule has 7 heteroatoms. The van der Waals surface area contributed by atoms with Crippen molar-refractivity contribution < 1.29 is 14.1 Å². The number of benzene rings is 3. The minimum atomic E-state index is -0.443. The lowest BCUT2D eigenvalue weighted by atomic mass is 10.1. The minimum Gasteiger partial charge on any atom is -0.457 e. The molecule has 1 amide bonds. The second kappa shape index (κ2) is 8.96. The number of rotatable bonds is 5. The highest BCUT2D eigenvalue weighted by Crippen LogP contribution is 2.36. The average Bonchev–Trinajstić information content (AvgIpc) is 3.45. The van der Waals surface area contributed by atoms with Crippen LogP contribution in [0.1, 0.15) is 11.3 Å². The third kappa shape index (κ3) is 4.21. The average molecular weight is 513 g/mol. The van der Waals surface area contributed by atoms with Crippen LogP contribution in [-0.4, -0.2) is 10.8 Å². The Morgan fingerprint density at radius 3 is 2.35 bits per heavy atom. The molecule has 0 atom stereocenters. The highest BCUT2D eigenvalue weighted by atomic mass is 79.9. The van der Waals surface area contributed by atoms with Crippen LogP contribution >= 0.6 is 15.9 Å². The normalized spacial score (nSPS) is 14.5. The van der Waals surface area contributed by atoms with Gasteiger partial charge in [-0.2, -0.15) is 0 Å². The van der Waals surface area contributed by atoms with E-state index in [0.717, 1.165) is 21.4 Å². The van der Waals surface area contributed by atoms with Crippen LogP contribution in [-0.2, 0) is 4.79 Å². The Bertz CT molecular complexity index is 1450. The van der Waals surface area contributed by atoms with E-state index in [2.05, 4.69) is 15.9 Å². The summed E-state index contributed by atoms with van der Waals surface area (Å²) in [7, 11) is 0. The van der Waals surface area contributed by atoms with Crippen LogP contribution in [0.25, 0.3) is 23.1 Å². The first kappa shape index (κ1) is 21.6. The third-order valence-corrected chi connectivity index (χ3v) is 5.90. The Hall–Kier alpha value is -4.23. The van der Waals surface area contributed by atoms with Crippen molar-refractivity contribution in [1.29, 1.82) is 0 Å². The van der Waals surface area contributed by atoms with Crippen molar-refractivity contribution in [2.24, 2.45) is 0 Å². The van der Waals surface area contributed by atoms with Crippen LogP contribution in [0.15, 0.2) is 112 Å². The SMILES string of the molecule is O=C1C(=Cc2ccc(-c3ccc([N+](=O)[O-])cc3)o2)C=C(c2ccccc2)N1c1cccc(Br)c1. The standard InChI is InChI=1S/C27H17BrN2O4/c28-21-7-4-8-23(17-21)29-25(18-5-2-1-3-6-18)16-20(27(29)31)15-24-13-14-26(34-24)19-9-11-22(12-10-19)30(32)33/h1-17H. The molecule has 0 bridgehead atoms. The second-order valence-corrected chi connectivity index (χ2v) is 8.54. The monoisotopic (exact) mass is 512 g/mol. The van der Waals surface area contributed by atoms with Gasteiger partial charge in [-0.05, 0) is 60.2 Å². The van der Waals surface area contributed by atoms with Gasteiger partial charge in [0.25, 0.3) is 11.6 Å². The lowest BCUT2D eigenvalue weighted by molar-refractivity contribution is -0.384. The predicted molar refractivity (Wildman–Crippen MR) is 135 cm³/mol. The molecule has 166 valence electrons. The highest BCUT2D eigenvalue weighted by molar-refractivity contribution is 9.10. The lowest BCUT2D eigenvalue weighted by Crippen LogP contribution is -2.24. The molecule has 0 fully saturated rings. The fraction of sp³-hybridized carbons (Fsp3) is 0. The van der Waals surface area contributed by atoms with Crippen LogP contribution in [0.5, 0.6) is 0 Å². The van der Waals surface area contributed by atoms with Crippen molar-refractivity contribution in [3.63, 3.8) is 0 Å². The van der Waals surface area contributed by atoms with E-state index in [1.807, 2.05) is 60.7 Å². The van der Waals surface area contributed by atoms with E-state index in [-0.39, 0.29) is 11.6 Å². The molecule has 0 spiro atoms. The molecule has 0 saturated heterocycles. The zero-order valence-corrected chi connectivity index (χ0v) is 19.3. The smallest absolute Gasteiger partial charge is 0.269 e. The molecule has 0 N–H and O–H groups in total. The number of hydrogen-bond donors (Lipinski definition) is 0. The van der Waals surface area contributed by atoms with Crippen LogP contribution in [0.2, 0.25) is 0 Å². The number of amides is 1. The van der Waals surface area contributed by atoms with E-state index >= 15 is 0 Å². The zero-order chi connectivity index (χ0) is 23.7. The summed E-state index contributed by atoms with van der Waals surface area (Å²) < 4.78 is 6.80. The second-order valence-electron chi connectivity index (χ2n) is 7.62. The molecular weight excluding hydrogens is 496 g/mol. The van der Waals surface area contributed by atoms with Gasteiger partial charge in [0.1, 0.15) is 11.5 Å². The Labute approximate surface area is 203 Å². The largest absolute Gasteiger partial charge is 0.457 e. The Morgan fingerprint density at radius 2 is 1.65 bits per heavy atom. The van der Waals surface area contributed by atoms with Gasteiger partial charge in [-0.1, -0.05) is 52.3 Å². The molecule has 1 aromatic heterocycles. The summed E-state index contributed by atoms with van der Waals surface area (Å²) in [6, 6.07) is 27.0. The Kier molecular flexibility index (Phi) is 5.69. The number of anilines is 1. The molecule has 2 heterocycles. The van der Waals surface area contributed by atoms with Crippen molar-refractivity contribution in [3.05, 3.63) is 129 Å². The van der Waals surface area contributed by atoms with Gasteiger partial charge in [-0.25, -0.2) is 0 Å². The van der Waals surface area contributed by atoms with Crippen LogP contribution in [0, 0.1) is 10.1 Å². The van der Waals surface area contributed by atoms with Crippen LogP contribution < -0.4 is 4.90 Å². The molecule has 3 aromatic carbocycles. The predicted octanol–water partition coefficient (Wildman–Crippen LogP) is 7.09. The number of carbonyl (C=O) groups excluding carboxylic acids is 1. The molecule has 1 aliphatic rings. The van der Waals surface area contributed by atoms with Crippen molar-refractivity contribution in [3.8, 4) is 11.3 Å². The van der Waals surface area contributed by atoms with E-state index in [1.54, 1.807) is 35.2 Å². The van der Waals surface area contributed by atoms with Crippen molar-refractivity contribution in [2.45, 2.75) is 0 Å². The minimum absolute atomic E-state index is 0.0143. The molecule has 0 saturated carbocycles. The number of nitrogens with zero attached hydrogens (tertiary/aromatic N) is 2. The first-order valence-electron chi connectivity index (χ1n) is 10.4. The number of non-ortho nitro benzene ring substituents is 1. The molecule has 0 unspecified atom stereocenters. The first-order chi connectivity index (χ1) is 16.5. The van der Waals surface area contributed by atoms with Gasteiger partial charge in [-0.15, -0.1) is 0 Å². The summed E-state index contributed by atoms with van der Waals surface area (Å²) in [6.07, 6.45) is 3.56. The molecular formula is C27H17BrN2O4. The number of furan rings is 1. The fourth-order valence-electron chi connectivity index (χ4n) is 3.79. The Balaban J connectivity index is 1.51. The number of hydrogen-bond acceptors (Lipinski definition) is 4. The molecule has 6 nitrogen and oxygen atoms in total. The van der Waals surface area contributed by atoms with Crippen molar-refractivity contribution >= 4 is 45.0 Å². The van der Waals surface area contributed by atoms with Gasteiger partial charge in [0.05, 0.1) is 16.3 Å². The quantitative estimate of drug-likeness (QED) is 0.162. The molecule has 0 radical (unpaired) electrons. The molecule has 5 rings (SSSR count). The molecule has 4 aromatic rings. The van der Waals surface area contributed by atoms with E-state index < -0.39 is 4.92 Å². The Morgan fingerprint density at radius 1 is 0.882 bits per heavy atom. The number of nitro groups is 1. The fourth-order valence-corrected chi connectivity index (χ4v) is 4.18. The third-order valence-electron chi connectivity index (χ3n) is 5.41. The van der Waals surface area contributed by atoms with Gasteiger partial charge in [-0.3, -0.25) is 19.8 Å². The maximum Gasteiger partial charge on any atom is 0.269 e. The first-order valence-corrected chi connectivity index (χ1v) is 11.2. The van der Waals surface area contributed by atoms with E-state index in [1.165, 1.54) is 12.1 Å². The van der Waals surface area contributed by atoms with Gasteiger partial charge >= 0.3 is 0 Å². The van der Waals surface area contributed by atoms with Crippen LogP contribution in [0.3, 0.4) is 0 Å². The van der Waals surface area contributed by atoms with Crippen molar-refractivity contribution in [1.82, 2.24) is 0 Å². The van der Waals surface area contributed by atoms with Crippen LogP contribution in [0.4, 0.5) is 11.4 Å². The summed E-state index contributed by atoms with van der Waals surface area (Å²) in [5.41, 5.74) is 3.67. The van der Waals surface area contributed by atoms with E-state index in [0.29, 0.717) is 22.7 Å². The maximum atomic E-state index is 13.5. The number of carbonyl (C=O) groups is 1. The van der Waals surface area contributed by atoms with Gasteiger partial charge < -0.3 is 4.42 Å². The van der Waals surface area contributed by atoms with E-state index in [9.17, 15) is 14.9 Å². The highest BCUT2D eigenvalue weighted by Gasteiger charge is 2.30. The van der Waals surface area contributed by atoms with E-state index in [4.69, 9.17) is 4.42 Å². The topological polar surface area (TPSA) is 76.6 Å². The van der Waals surface area contributed by atoms with Gasteiger partial charge in [0.2, 0.25) is 0 Å². The summed E-state index contributed by atoms with van der Waals surface area (Å²) in [4.78, 5) is 25.6. The van der Waals surface area contributed by atoms with Gasteiger partial charge in [0, 0.05) is 27.7 Å². The maximum absolute atomic E-state index is 13.5. The molecule has 1 aliphatic heterocycles. The summed E-state index contributed by atoms with van der Waals surface area (Å²) >= 11 is 3.49. The van der Waals surface area contributed by atoms with Crippen molar-refractivity contribution in [2.75, 3.05) is 4.90 Å². The number of nitro benzene ring substituents is 1. The number of halogens is 1. The molecule has 34 heavy (non-hydrogen) atoms. The van der Waals surface area contributed by atoms with Gasteiger partial charge in [0.15, 0.2) is 0 Å².